The Morgan fingerprint density at radius 3 is 2.64 bits per heavy atom. The van der Waals surface area contributed by atoms with E-state index in [1.807, 2.05) is 30.3 Å². The van der Waals surface area contributed by atoms with Gasteiger partial charge in [0.15, 0.2) is 0 Å². The van der Waals surface area contributed by atoms with E-state index in [0.717, 1.165) is 5.56 Å². The van der Waals surface area contributed by atoms with Crippen LogP contribution in [0.1, 0.15) is 28.8 Å². The maximum Gasteiger partial charge on any atom is 0.306 e. The number of aromatic nitrogens is 1. The third-order valence-corrected chi connectivity index (χ3v) is 3.01. The molecule has 0 atom stereocenters. The zero-order valence-corrected chi connectivity index (χ0v) is 12.2. The average Bonchev–Trinajstić information content (AvgIpc) is 2.58. The van der Waals surface area contributed by atoms with Crippen molar-refractivity contribution < 1.29 is 14.3 Å². The van der Waals surface area contributed by atoms with Crippen LogP contribution in [-0.2, 0) is 16.1 Å². The Kier molecular flexibility index (Phi) is 6.11. The number of nitrogens with zero attached hydrogens (tertiary/aromatic N) is 1. The number of hydrogen-bond donors (Lipinski definition) is 1. The SMILES string of the molecule is O=C(CCCNC(=O)c1cccnc1)OCc1ccccc1. The third kappa shape index (κ3) is 5.36. The van der Waals surface area contributed by atoms with Gasteiger partial charge in [-0.15, -0.1) is 0 Å². The van der Waals surface area contributed by atoms with Gasteiger partial charge in [0.25, 0.3) is 5.91 Å². The molecule has 114 valence electrons. The first-order valence-electron chi connectivity index (χ1n) is 7.13. The molecule has 0 aliphatic rings. The molecule has 1 N–H and O–H groups in total. The highest BCUT2D eigenvalue weighted by atomic mass is 16.5. The van der Waals surface area contributed by atoms with Gasteiger partial charge in [-0.25, -0.2) is 0 Å². The lowest BCUT2D eigenvalue weighted by Gasteiger charge is -2.06. The number of pyridine rings is 1. The third-order valence-electron chi connectivity index (χ3n) is 3.01. The summed E-state index contributed by atoms with van der Waals surface area (Å²) in [5, 5.41) is 2.74. The van der Waals surface area contributed by atoms with Gasteiger partial charge in [0, 0.05) is 25.4 Å². The van der Waals surface area contributed by atoms with E-state index in [0.29, 0.717) is 18.5 Å². The molecule has 0 bridgehead atoms. The van der Waals surface area contributed by atoms with Crippen LogP contribution in [-0.4, -0.2) is 23.4 Å². The van der Waals surface area contributed by atoms with Crippen molar-refractivity contribution in [3.05, 3.63) is 66.0 Å². The number of hydrogen-bond acceptors (Lipinski definition) is 4. The molecule has 1 aromatic carbocycles. The zero-order chi connectivity index (χ0) is 15.6. The van der Waals surface area contributed by atoms with Crippen LogP contribution < -0.4 is 5.32 Å². The van der Waals surface area contributed by atoms with Crippen molar-refractivity contribution in [1.29, 1.82) is 0 Å². The molecule has 0 radical (unpaired) electrons. The Labute approximate surface area is 129 Å². The number of carbonyl (C=O) groups is 2. The Balaban J connectivity index is 1.60. The standard InChI is InChI=1S/C17H18N2O3/c20-16(22-13-14-6-2-1-3-7-14)9-5-11-19-17(21)15-8-4-10-18-12-15/h1-4,6-8,10,12H,5,9,11,13H2,(H,19,21). The van der Waals surface area contributed by atoms with E-state index in [-0.39, 0.29) is 24.9 Å². The van der Waals surface area contributed by atoms with Crippen molar-refractivity contribution in [2.75, 3.05) is 6.54 Å². The zero-order valence-electron chi connectivity index (χ0n) is 12.2. The molecule has 5 heteroatoms. The minimum atomic E-state index is -0.264. The first kappa shape index (κ1) is 15.7. The molecular formula is C17H18N2O3. The minimum absolute atomic E-state index is 0.189. The molecule has 0 saturated heterocycles. The van der Waals surface area contributed by atoms with Gasteiger partial charge in [-0.05, 0) is 24.1 Å². The number of ether oxygens (including phenoxy) is 1. The van der Waals surface area contributed by atoms with Gasteiger partial charge >= 0.3 is 5.97 Å². The van der Waals surface area contributed by atoms with Gasteiger partial charge in [-0.2, -0.15) is 0 Å². The van der Waals surface area contributed by atoms with E-state index in [2.05, 4.69) is 10.3 Å². The van der Waals surface area contributed by atoms with Crippen LogP contribution in [0.3, 0.4) is 0 Å². The highest BCUT2D eigenvalue weighted by Crippen LogP contribution is 2.02. The number of amides is 1. The van der Waals surface area contributed by atoms with Crippen LogP contribution in [0, 0.1) is 0 Å². The maximum atomic E-state index is 11.7. The highest BCUT2D eigenvalue weighted by Gasteiger charge is 2.06. The summed E-state index contributed by atoms with van der Waals surface area (Å²) < 4.78 is 5.16. The summed E-state index contributed by atoms with van der Waals surface area (Å²) in [6.45, 7) is 0.704. The lowest BCUT2D eigenvalue weighted by atomic mass is 10.2. The van der Waals surface area contributed by atoms with Crippen LogP contribution in [0.5, 0.6) is 0 Å². The van der Waals surface area contributed by atoms with E-state index in [4.69, 9.17) is 4.74 Å². The molecule has 5 nitrogen and oxygen atoms in total. The first-order valence-corrected chi connectivity index (χ1v) is 7.13. The molecule has 0 aliphatic heterocycles. The Hall–Kier alpha value is -2.69. The van der Waals surface area contributed by atoms with Gasteiger partial charge in [0.05, 0.1) is 5.56 Å². The fraction of sp³-hybridized carbons (Fsp3) is 0.235. The molecule has 22 heavy (non-hydrogen) atoms. The van der Waals surface area contributed by atoms with Crippen molar-refractivity contribution in [3.8, 4) is 0 Å². The van der Waals surface area contributed by atoms with Crippen LogP contribution in [0.25, 0.3) is 0 Å². The smallest absolute Gasteiger partial charge is 0.306 e. The molecule has 0 spiro atoms. The van der Waals surface area contributed by atoms with Gasteiger partial charge in [-0.1, -0.05) is 30.3 Å². The lowest BCUT2D eigenvalue weighted by Crippen LogP contribution is -2.25. The van der Waals surface area contributed by atoms with E-state index >= 15 is 0 Å². The summed E-state index contributed by atoms with van der Waals surface area (Å²) in [5.74, 6) is -0.453. The van der Waals surface area contributed by atoms with Crippen LogP contribution in [0.2, 0.25) is 0 Å². The topological polar surface area (TPSA) is 68.3 Å². The average molecular weight is 298 g/mol. The highest BCUT2D eigenvalue weighted by molar-refractivity contribution is 5.93. The van der Waals surface area contributed by atoms with E-state index < -0.39 is 0 Å². The summed E-state index contributed by atoms with van der Waals surface area (Å²) in [6.07, 6.45) is 3.93. The van der Waals surface area contributed by atoms with Crippen molar-refractivity contribution >= 4 is 11.9 Å². The van der Waals surface area contributed by atoms with Crippen molar-refractivity contribution in [3.63, 3.8) is 0 Å². The molecule has 1 aromatic heterocycles. The second-order valence-corrected chi connectivity index (χ2v) is 4.75. The molecule has 1 heterocycles. The van der Waals surface area contributed by atoms with Crippen LogP contribution in [0.15, 0.2) is 54.9 Å². The van der Waals surface area contributed by atoms with Crippen molar-refractivity contribution in [2.24, 2.45) is 0 Å². The molecule has 0 unspecified atom stereocenters. The van der Waals surface area contributed by atoms with Gasteiger partial charge in [0.2, 0.25) is 0 Å². The fourth-order valence-corrected chi connectivity index (χ4v) is 1.84. The molecular weight excluding hydrogens is 280 g/mol. The molecule has 0 fully saturated rings. The minimum Gasteiger partial charge on any atom is -0.461 e. The van der Waals surface area contributed by atoms with E-state index in [1.165, 1.54) is 6.20 Å². The lowest BCUT2D eigenvalue weighted by molar-refractivity contribution is -0.145. The van der Waals surface area contributed by atoms with E-state index in [9.17, 15) is 9.59 Å². The van der Waals surface area contributed by atoms with Crippen LogP contribution >= 0.6 is 0 Å². The summed E-state index contributed by atoms with van der Waals surface area (Å²) in [6, 6.07) is 12.9. The van der Waals surface area contributed by atoms with Gasteiger partial charge in [0.1, 0.15) is 6.61 Å². The normalized spacial score (nSPS) is 10.0. The number of rotatable bonds is 7. The quantitative estimate of drug-likeness (QED) is 0.629. The number of esters is 1. The van der Waals surface area contributed by atoms with Gasteiger partial charge in [-0.3, -0.25) is 14.6 Å². The van der Waals surface area contributed by atoms with Crippen molar-refractivity contribution in [1.82, 2.24) is 10.3 Å². The molecule has 0 saturated carbocycles. The monoisotopic (exact) mass is 298 g/mol. The second kappa shape index (κ2) is 8.56. The largest absolute Gasteiger partial charge is 0.461 e. The van der Waals surface area contributed by atoms with Crippen molar-refractivity contribution in [2.45, 2.75) is 19.4 Å². The predicted octanol–water partition coefficient (Wildman–Crippen LogP) is 2.34. The Morgan fingerprint density at radius 1 is 1.09 bits per heavy atom. The summed E-state index contributed by atoms with van der Waals surface area (Å²) >= 11 is 0. The van der Waals surface area contributed by atoms with Crippen LogP contribution in [0.4, 0.5) is 0 Å². The number of carbonyl (C=O) groups excluding carboxylic acids is 2. The Morgan fingerprint density at radius 2 is 1.91 bits per heavy atom. The Bertz CT molecular complexity index is 600. The molecule has 2 rings (SSSR count). The number of benzene rings is 1. The maximum absolute atomic E-state index is 11.7. The fourth-order valence-electron chi connectivity index (χ4n) is 1.84. The molecule has 0 aliphatic carbocycles. The van der Waals surface area contributed by atoms with E-state index in [1.54, 1.807) is 18.3 Å². The summed E-state index contributed by atoms with van der Waals surface area (Å²) in [7, 11) is 0. The second-order valence-electron chi connectivity index (χ2n) is 4.75. The molecule has 2 aromatic rings. The summed E-state index contributed by atoms with van der Waals surface area (Å²) in [4.78, 5) is 27.2. The predicted molar refractivity (Wildman–Crippen MR) is 82.0 cm³/mol. The number of nitrogens with one attached hydrogen (secondary N) is 1. The van der Waals surface area contributed by atoms with Gasteiger partial charge < -0.3 is 10.1 Å². The summed E-state index contributed by atoms with van der Waals surface area (Å²) in [5.41, 5.74) is 1.47. The first-order chi connectivity index (χ1) is 10.8. The molecule has 1 amide bonds.